The van der Waals surface area contributed by atoms with Crippen LogP contribution in [0.1, 0.15) is 34.8 Å². The van der Waals surface area contributed by atoms with Crippen LogP contribution in [0, 0.1) is 0 Å². The van der Waals surface area contributed by atoms with Crippen LogP contribution < -0.4 is 4.90 Å². The van der Waals surface area contributed by atoms with Crippen molar-refractivity contribution in [3.8, 4) is 11.3 Å². The van der Waals surface area contributed by atoms with E-state index in [4.69, 9.17) is 4.52 Å². The summed E-state index contributed by atoms with van der Waals surface area (Å²) in [7, 11) is 4.05. The number of amides is 1. The quantitative estimate of drug-likeness (QED) is 0.563. The second-order valence-corrected chi connectivity index (χ2v) is 8.13. The van der Waals surface area contributed by atoms with Gasteiger partial charge in [0.05, 0.1) is 12.2 Å². The summed E-state index contributed by atoms with van der Waals surface area (Å²) in [5, 5.41) is 3.90. The smallest absolute Gasteiger partial charge is 0.259 e. The first-order valence-corrected chi connectivity index (χ1v) is 10.1. The van der Waals surface area contributed by atoms with Crippen LogP contribution in [0.15, 0.2) is 63.7 Å². The molecule has 6 heteroatoms. The fourth-order valence-corrected chi connectivity index (χ4v) is 3.97. The summed E-state index contributed by atoms with van der Waals surface area (Å²) in [5.74, 6) is 0.490. The van der Waals surface area contributed by atoms with Crippen LogP contribution in [0.2, 0.25) is 0 Å². The van der Waals surface area contributed by atoms with Crippen molar-refractivity contribution in [2.45, 2.75) is 18.9 Å². The van der Waals surface area contributed by atoms with Crippen LogP contribution in [0.4, 0.5) is 5.69 Å². The molecule has 1 unspecified atom stereocenters. The Kier molecular flexibility index (Phi) is 5.22. The first kappa shape index (κ1) is 18.7. The third kappa shape index (κ3) is 3.56. The van der Waals surface area contributed by atoms with Gasteiger partial charge in [0.25, 0.3) is 5.91 Å². The molecule has 1 aliphatic rings. The van der Waals surface area contributed by atoms with Crippen LogP contribution in [0.3, 0.4) is 0 Å². The topological polar surface area (TPSA) is 49.6 Å². The Morgan fingerprint density at radius 1 is 1.14 bits per heavy atom. The van der Waals surface area contributed by atoms with E-state index in [0.29, 0.717) is 11.3 Å². The Labute approximate surface area is 173 Å². The molecule has 4 rings (SSSR count). The molecule has 1 aromatic heterocycles. The van der Waals surface area contributed by atoms with Crippen molar-refractivity contribution >= 4 is 27.5 Å². The molecule has 1 aliphatic heterocycles. The summed E-state index contributed by atoms with van der Waals surface area (Å²) < 4.78 is 6.41. The monoisotopic (exact) mass is 439 g/mol. The minimum atomic E-state index is -0.0293. The Hall–Kier alpha value is -2.60. The van der Waals surface area contributed by atoms with E-state index < -0.39 is 0 Å². The number of benzene rings is 2. The highest BCUT2D eigenvalue weighted by molar-refractivity contribution is 9.10. The third-order valence-corrected chi connectivity index (χ3v) is 5.74. The van der Waals surface area contributed by atoms with E-state index >= 15 is 0 Å². The number of halogens is 1. The van der Waals surface area contributed by atoms with Gasteiger partial charge in [-0.2, -0.15) is 0 Å². The van der Waals surface area contributed by atoms with Crippen LogP contribution in [0.25, 0.3) is 11.3 Å². The molecule has 0 aliphatic carbocycles. The standard InChI is InChI=1S/C22H22BrN3O2/c1-25(2)18-11-7-15(8-12-18)20-4-3-13-26(20)22(27)19-14-24-28-21(19)16-5-9-17(23)10-6-16/h5-12,14,20H,3-4,13H2,1-2H3. The molecule has 5 nitrogen and oxygen atoms in total. The third-order valence-electron chi connectivity index (χ3n) is 5.22. The van der Waals surface area contributed by atoms with Crippen LogP contribution >= 0.6 is 15.9 Å². The predicted molar refractivity (Wildman–Crippen MR) is 113 cm³/mol. The SMILES string of the molecule is CN(C)c1ccc(C2CCCN2C(=O)c2cnoc2-c2ccc(Br)cc2)cc1. The number of anilines is 1. The first-order valence-electron chi connectivity index (χ1n) is 9.33. The molecule has 0 radical (unpaired) electrons. The zero-order valence-electron chi connectivity index (χ0n) is 15.9. The summed E-state index contributed by atoms with van der Waals surface area (Å²) in [4.78, 5) is 17.4. The molecule has 0 saturated carbocycles. The second-order valence-electron chi connectivity index (χ2n) is 7.22. The van der Waals surface area contributed by atoms with Crippen LogP contribution in [-0.2, 0) is 0 Å². The van der Waals surface area contributed by atoms with Gasteiger partial charge in [0.2, 0.25) is 0 Å². The van der Waals surface area contributed by atoms with Gasteiger partial charge in [-0.05, 0) is 54.8 Å². The van der Waals surface area contributed by atoms with E-state index in [1.807, 2.05) is 43.3 Å². The fraction of sp³-hybridized carbons (Fsp3) is 0.273. The lowest BCUT2D eigenvalue weighted by molar-refractivity contribution is 0.0736. The highest BCUT2D eigenvalue weighted by Gasteiger charge is 2.33. The Balaban J connectivity index is 1.61. The zero-order chi connectivity index (χ0) is 19.7. The summed E-state index contributed by atoms with van der Waals surface area (Å²) in [6.45, 7) is 0.740. The summed E-state index contributed by atoms with van der Waals surface area (Å²) in [6.07, 6.45) is 3.49. The van der Waals surface area contributed by atoms with Crippen LogP contribution in [-0.4, -0.2) is 36.6 Å². The molecule has 1 amide bonds. The lowest BCUT2D eigenvalue weighted by atomic mass is 10.0. The second kappa shape index (κ2) is 7.80. The molecule has 1 saturated heterocycles. The number of hydrogen-bond donors (Lipinski definition) is 0. The van der Waals surface area contributed by atoms with E-state index in [-0.39, 0.29) is 11.9 Å². The average molecular weight is 440 g/mol. The van der Waals surface area contributed by atoms with Crippen molar-refractivity contribution in [3.63, 3.8) is 0 Å². The number of rotatable bonds is 4. The van der Waals surface area contributed by atoms with Gasteiger partial charge < -0.3 is 14.3 Å². The number of carbonyl (C=O) groups is 1. The molecule has 0 spiro atoms. The van der Waals surface area contributed by atoms with Gasteiger partial charge >= 0.3 is 0 Å². The number of likely N-dealkylation sites (tertiary alicyclic amines) is 1. The van der Waals surface area contributed by atoms with Crippen molar-refractivity contribution in [3.05, 3.63) is 70.3 Å². The summed E-state index contributed by atoms with van der Waals surface area (Å²) in [6, 6.07) is 16.2. The Morgan fingerprint density at radius 3 is 2.54 bits per heavy atom. The molecule has 3 aromatic rings. The normalized spacial score (nSPS) is 16.4. The largest absolute Gasteiger partial charge is 0.378 e. The summed E-state index contributed by atoms with van der Waals surface area (Å²) >= 11 is 3.43. The number of aromatic nitrogens is 1. The van der Waals surface area contributed by atoms with Crippen LogP contribution in [0.5, 0.6) is 0 Å². The maximum atomic E-state index is 13.3. The summed E-state index contributed by atoms with van der Waals surface area (Å²) in [5.41, 5.74) is 3.67. The van der Waals surface area contributed by atoms with Crippen molar-refractivity contribution < 1.29 is 9.32 Å². The molecule has 2 heterocycles. The molecule has 2 aromatic carbocycles. The van der Waals surface area contributed by atoms with E-state index in [1.165, 1.54) is 6.20 Å². The van der Waals surface area contributed by atoms with Gasteiger partial charge in [0.15, 0.2) is 5.76 Å². The Morgan fingerprint density at radius 2 is 1.86 bits per heavy atom. The highest BCUT2D eigenvalue weighted by Crippen LogP contribution is 2.35. The van der Waals surface area contributed by atoms with E-state index in [9.17, 15) is 4.79 Å². The van der Waals surface area contributed by atoms with E-state index in [1.54, 1.807) is 0 Å². The molecule has 28 heavy (non-hydrogen) atoms. The lowest BCUT2D eigenvalue weighted by Crippen LogP contribution is -2.30. The van der Waals surface area contributed by atoms with Gasteiger partial charge in [-0.1, -0.05) is 33.2 Å². The Bertz CT molecular complexity index is 964. The maximum Gasteiger partial charge on any atom is 0.259 e. The molecule has 0 bridgehead atoms. The molecular formula is C22H22BrN3O2. The van der Waals surface area contributed by atoms with E-state index in [0.717, 1.165) is 40.7 Å². The average Bonchev–Trinajstić information content (AvgIpc) is 3.38. The first-order chi connectivity index (χ1) is 13.5. The number of carbonyl (C=O) groups excluding carboxylic acids is 1. The zero-order valence-corrected chi connectivity index (χ0v) is 17.5. The number of nitrogens with zero attached hydrogens (tertiary/aromatic N) is 3. The van der Waals surface area contributed by atoms with Crippen molar-refractivity contribution in [2.75, 3.05) is 25.5 Å². The van der Waals surface area contributed by atoms with Gasteiger partial charge in [-0.25, -0.2) is 0 Å². The minimum Gasteiger partial charge on any atom is -0.378 e. The molecule has 1 fully saturated rings. The van der Waals surface area contributed by atoms with Crippen molar-refractivity contribution in [2.24, 2.45) is 0 Å². The van der Waals surface area contributed by atoms with E-state index in [2.05, 4.69) is 50.3 Å². The minimum absolute atomic E-state index is 0.0293. The van der Waals surface area contributed by atoms with Gasteiger partial charge in [-0.3, -0.25) is 4.79 Å². The van der Waals surface area contributed by atoms with Crippen molar-refractivity contribution in [1.29, 1.82) is 0 Å². The predicted octanol–water partition coefficient (Wildman–Crippen LogP) is 5.15. The lowest BCUT2D eigenvalue weighted by Gasteiger charge is -2.25. The molecule has 144 valence electrons. The maximum absolute atomic E-state index is 13.3. The molecule has 1 atom stereocenters. The molecule has 0 N–H and O–H groups in total. The van der Waals surface area contributed by atoms with Gasteiger partial charge in [0, 0.05) is 36.4 Å². The van der Waals surface area contributed by atoms with Gasteiger partial charge in [-0.15, -0.1) is 0 Å². The van der Waals surface area contributed by atoms with Gasteiger partial charge in [0.1, 0.15) is 5.56 Å². The molecular weight excluding hydrogens is 418 g/mol. The number of hydrogen-bond acceptors (Lipinski definition) is 4. The fourth-order valence-electron chi connectivity index (χ4n) is 3.71. The van der Waals surface area contributed by atoms with Crippen molar-refractivity contribution in [1.82, 2.24) is 10.1 Å². The highest BCUT2D eigenvalue weighted by atomic mass is 79.9.